The fourth-order valence-electron chi connectivity index (χ4n) is 3.13. The quantitative estimate of drug-likeness (QED) is 0.655. The number of nitrogens with two attached hydrogens (primary N) is 1. The summed E-state index contributed by atoms with van der Waals surface area (Å²) < 4.78 is 6.13. The molecule has 2 nitrogen and oxygen atoms in total. The predicted octanol–water partition coefficient (Wildman–Crippen LogP) is 4.30. The Labute approximate surface area is 126 Å². The van der Waals surface area contributed by atoms with Gasteiger partial charge in [-0.2, -0.15) is 0 Å². The van der Waals surface area contributed by atoms with Gasteiger partial charge in [0.1, 0.15) is 0 Å². The lowest BCUT2D eigenvalue weighted by atomic mass is 9.89. The summed E-state index contributed by atoms with van der Waals surface area (Å²) in [7, 11) is 0. The van der Waals surface area contributed by atoms with E-state index in [1.807, 2.05) is 12.1 Å². The standard InChI is InChI=1S/C19H23NO/c20-17-10-3-6-15(14-17)7-5-13-21-19-12-4-9-16-8-1-2-11-18(16)19/h1-3,6,8,10-11,14,19H,4-5,7,9,12-13,20H2. The van der Waals surface area contributed by atoms with Crippen molar-refractivity contribution >= 4 is 5.69 Å². The molecule has 0 amide bonds. The lowest BCUT2D eigenvalue weighted by molar-refractivity contribution is 0.0394. The fraction of sp³-hybridized carbons (Fsp3) is 0.368. The van der Waals surface area contributed by atoms with Gasteiger partial charge in [0, 0.05) is 12.3 Å². The van der Waals surface area contributed by atoms with Gasteiger partial charge in [0.25, 0.3) is 0 Å². The highest BCUT2D eigenvalue weighted by molar-refractivity contribution is 5.40. The van der Waals surface area contributed by atoms with Crippen LogP contribution < -0.4 is 5.73 Å². The lowest BCUT2D eigenvalue weighted by Gasteiger charge is -2.25. The van der Waals surface area contributed by atoms with Crippen LogP contribution in [0.1, 0.15) is 42.1 Å². The highest BCUT2D eigenvalue weighted by atomic mass is 16.5. The maximum Gasteiger partial charge on any atom is 0.0827 e. The Morgan fingerprint density at radius 3 is 2.90 bits per heavy atom. The monoisotopic (exact) mass is 281 g/mol. The summed E-state index contributed by atoms with van der Waals surface area (Å²) in [5.74, 6) is 0. The van der Waals surface area contributed by atoms with Crippen LogP contribution in [-0.4, -0.2) is 6.61 Å². The van der Waals surface area contributed by atoms with E-state index in [4.69, 9.17) is 10.5 Å². The van der Waals surface area contributed by atoms with Crippen molar-refractivity contribution in [2.45, 2.75) is 38.2 Å². The van der Waals surface area contributed by atoms with E-state index in [1.54, 1.807) is 0 Å². The Balaban J connectivity index is 1.50. The molecule has 0 fully saturated rings. The van der Waals surface area contributed by atoms with Crippen LogP contribution in [0.4, 0.5) is 5.69 Å². The molecule has 0 heterocycles. The summed E-state index contributed by atoms with van der Waals surface area (Å²) in [6, 6.07) is 16.8. The van der Waals surface area contributed by atoms with Gasteiger partial charge in [0.15, 0.2) is 0 Å². The van der Waals surface area contributed by atoms with Gasteiger partial charge in [-0.1, -0.05) is 36.4 Å². The van der Waals surface area contributed by atoms with E-state index < -0.39 is 0 Å². The second-order valence-corrected chi connectivity index (χ2v) is 5.80. The van der Waals surface area contributed by atoms with E-state index in [0.29, 0.717) is 0 Å². The number of rotatable bonds is 5. The zero-order valence-corrected chi connectivity index (χ0v) is 12.4. The summed E-state index contributed by atoms with van der Waals surface area (Å²) in [5.41, 5.74) is 10.8. The van der Waals surface area contributed by atoms with Crippen molar-refractivity contribution in [2.75, 3.05) is 12.3 Å². The molecule has 2 N–H and O–H groups in total. The number of aryl methyl sites for hydroxylation is 2. The first-order valence-electron chi connectivity index (χ1n) is 7.87. The molecule has 1 unspecified atom stereocenters. The molecule has 21 heavy (non-hydrogen) atoms. The molecule has 2 heteroatoms. The zero-order valence-electron chi connectivity index (χ0n) is 12.4. The van der Waals surface area contributed by atoms with Gasteiger partial charge in [-0.05, 0) is 60.9 Å². The zero-order chi connectivity index (χ0) is 14.5. The summed E-state index contributed by atoms with van der Waals surface area (Å²) in [5, 5.41) is 0. The lowest BCUT2D eigenvalue weighted by Crippen LogP contribution is -2.13. The summed E-state index contributed by atoms with van der Waals surface area (Å²) in [6.45, 7) is 0.813. The van der Waals surface area contributed by atoms with E-state index in [-0.39, 0.29) is 6.10 Å². The van der Waals surface area contributed by atoms with Crippen molar-refractivity contribution in [3.8, 4) is 0 Å². The molecule has 0 bridgehead atoms. The normalized spacial score (nSPS) is 17.4. The molecule has 0 spiro atoms. The molecule has 0 saturated heterocycles. The third kappa shape index (κ3) is 3.64. The smallest absolute Gasteiger partial charge is 0.0827 e. The van der Waals surface area contributed by atoms with Gasteiger partial charge in [-0.25, -0.2) is 0 Å². The first-order chi connectivity index (χ1) is 10.3. The van der Waals surface area contributed by atoms with Crippen molar-refractivity contribution in [1.29, 1.82) is 0 Å². The second kappa shape index (κ2) is 6.77. The number of fused-ring (bicyclic) bond motifs is 1. The van der Waals surface area contributed by atoms with Gasteiger partial charge < -0.3 is 10.5 Å². The van der Waals surface area contributed by atoms with E-state index in [9.17, 15) is 0 Å². The van der Waals surface area contributed by atoms with Crippen LogP contribution in [0.3, 0.4) is 0 Å². The molecule has 2 aromatic carbocycles. The SMILES string of the molecule is Nc1cccc(CCCOC2CCCc3ccccc32)c1. The van der Waals surface area contributed by atoms with Crippen LogP contribution in [0.25, 0.3) is 0 Å². The van der Waals surface area contributed by atoms with Crippen LogP contribution in [0.15, 0.2) is 48.5 Å². The Morgan fingerprint density at radius 1 is 1.10 bits per heavy atom. The number of benzene rings is 2. The second-order valence-electron chi connectivity index (χ2n) is 5.80. The van der Waals surface area contributed by atoms with Crippen molar-refractivity contribution in [2.24, 2.45) is 0 Å². The molecule has 0 aromatic heterocycles. The minimum Gasteiger partial charge on any atom is -0.399 e. The van der Waals surface area contributed by atoms with Gasteiger partial charge in [-0.15, -0.1) is 0 Å². The summed E-state index contributed by atoms with van der Waals surface area (Å²) >= 11 is 0. The first-order valence-corrected chi connectivity index (χ1v) is 7.87. The number of nitrogen functional groups attached to an aromatic ring is 1. The first kappa shape index (κ1) is 14.2. The average Bonchev–Trinajstić information content (AvgIpc) is 2.52. The highest BCUT2D eigenvalue weighted by Crippen LogP contribution is 2.32. The average molecular weight is 281 g/mol. The molecule has 1 aliphatic rings. The molecule has 0 aliphatic heterocycles. The number of hydrogen-bond donors (Lipinski definition) is 1. The topological polar surface area (TPSA) is 35.2 Å². The Kier molecular flexibility index (Phi) is 4.56. The highest BCUT2D eigenvalue weighted by Gasteiger charge is 2.19. The third-order valence-corrected chi connectivity index (χ3v) is 4.19. The van der Waals surface area contributed by atoms with E-state index in [0.717, 1.165) is 31.6 Å². The van der Waals surface area contributed by atoms with Gasteiger partial charge in [-0.3, -0.25) is 0 Å². The van der Waals surface area contributed by atoms with Gasteiger partial charge >= 0.3 is 0 Å². The minimum absolute atomic E-state index is 0.288. The molecule has 2 aromatic rings. The maximum atomic E-state index is 6.13. The van der Waals surface area contributed by atoms with Crippen molar-refractivity contribution in [3.63, 3.8) is 0 Å². The Morgan fingerprint density at radius 2 is 2.00 bits per heavy atom. The number of anilines is 1. The molecule has 3 rings (SSSR count). The minimum atomic E-state index is 0.288. The van der Waals surface area contributed by atoms with Crippen LogP contribution in [0.2, 0.25) is 0 Å². The Hall–Kier alpha value is -1.80. The number of hydrogen-bond acceptors (Lipinski definition) is 2. The molecule has 110 valence electrons. The van der Waals surface area contributed by atoms with Crippen molar-refractivity contribution < 1.29 is 4.74 Å². The summed E-state index contributed by atoms with van der Waals surface area (Å²) in [6.07, 6.45) is 5.93. The van der Waals surface area contributed by atoms with Crippen LogP contribution in [-0.2, 0) is 17.6 Å². The van der Waals surface area contributed by atoms with Crippen LogP contribution >= 0.6 is 0 Å². The molecule has 1 aliphatic carbocycles. The maximum absolute atomic E-state index is 6.13. The van der Waals surface area contributed by atoms with E-state index >= 15 is 0 Å². The van der Waals surface area contributed by atoms with Crippen LogP contribution in [0.5, 0.6) is 0 Å². The van der Waals surface area contributed by atoms with Crippen molar-refractivity contribution in [3.05, 3.63) is 65.2 Å². The van der Waals surface area contributed by atoms with Crippen molar-refractivity contribution in [1.82, 2.24) is 0 Å². The fourth-order valence-corrected chi connectivity index (χ4v) is 3.13. The van der Waals surface area contributed by atoms with E-state index in [2.05, 4.69) is 36.4 Å². The third-order valence-electron chi connectivity index (χ3n) is 4.19. The van der Waals surface area contributed by atoms with Gasteiger partial charge in [0.2, 0.25) is 0 Å². The summed E-state index contributed by atoms with van der Waals surface area (Å²) in [4.78, 5) is 0. The largest absolute Gasteiger partial charge is 0.399 e. The molecular weight excluding hydrogens is 258 g/mol. The molecule has 1 atom stereocenters. The Bertz CT molecular complexity index is 594. The molecule has 0 saturated carbocycles. The predicted molar refractivity (Wildman–Crippen MR) is 87.2 cm³/mol. The number of ether oxygens (including phenoxy) is 1. The van der Waals surface area contributed by atoms with E-state index in [1.165, 1.54) is 29.5 Å². The molecular formula is C19H23NO. The van der Waals surface area contributed by atoms with Crippen LogP contribution in [0, 0.1) is 0 Å². The molecule has 0 radical (unpaired) electrons. The van der Waals surface area contributed by atoms with Gasteiger partial charge in [0.05, 0.1) is 6.10 Å².